The number of unbranched alkanes of at least 4 members (excludes halogenated alkanes) is 2. The lowest BCUT2D eigenvalue weighted by Crippen LogP contribution is -2.42. The third-order valence-electron chi connectivity index (χ3n) is 3.23. The van der Waals surface area contributed by atoms with Gasteiger partial charge in [0.1, 0.15) is 0 Å². The number of ether oxygens (including phenoxy) is 1. The van der Waals surface area contributed by atoms with Gasteiger partial charge >= 0.3 is 0 Å². The van der Waals surface area contributed by atoms with Gasteiger partial charge in [-0.05, 0) is 66.7 Å². The molecule has 0 amide bonds. The molecule has 0 spiro atoms. The molecule has 104 valence electrons. The molecule has 0 aliphatic heterocycles. The van der Waals surface area contributed by atoms with Crippen LogP contribution in [0.3, 0.4) is 0 Å². The molecule has 3 nitrogen and oxygen atoms in total. The van der Waals surface area contributed by atoms with Crippen LogP contribution < -0.4 is 5.32 Å². The first-order valence-corrected chi connectivity index (χ1v) is 6.96. The van der Waals surface area contributed by atoms with Crippen molar-refractivity contribution in [3.05, 3.63) is 0 Å². The normalized spacial score (nSPS) is 12.4. The predicted octanol–water partition coefficient (Wildman–Crippen LogP) is 2.51. The van der Waals surface area contributed by atoms with E-state index in [-0.39, 0.29) is 5.54 Å². The van der Waals surface area contributed by atoms with E-state index in [9.17, 15) is 0 Å². The first-order valence-electron chi connectivity index (χ1n) is 6.96. The van der Waals surface area contributed by atoms with Crippen molar-refractivity contribution >= 4 is 0 Å². The average molecular weight is 244 g/mol. The second-order valence-corrected chi connectivity index (χ2v) is 5.57. The van der Waals surface area contributed by atoms with E-state index >= 15 is 0 Å². The van der Waals surface area contributed by atoms with Crippen LogP contribution in [-0.4, -0.2) is 50.8 Å². The molecule has 0 heterocycles. The van der Waals surface area contributed by atoms with Crippen molar-refractivity contribution < 1.29 is 4.74 Å². The highest BCUT2D eigenvalue weighted by atomic mass is 16.5. The van der Waals surface area contributed by atoms with Crippen molar-refractivity contribution in [1.82, 2.24) is 10.2 Å². The maximum Gasteiger partial charge on any atom is 0.0644 e. The van der Waals surface area contributed by atoms with Gasteiger partial charge in [-0.15, -0.1) is 0 Å². The van der Waals surface area contributed by atoms with Crippen LogP contribution in [0.2, 0.25) is 0 Å². The maximum atomic E-state index is 5.73. The Balaban J connectivity index is 3.24. The molecule has 0 aliphatic rings. The minimum Gasteiger partial charge on any atom is -0.380 e. The Morgan fingerprint density at radius 3 is 2.35 bits per heavy atom. The van der Waals surface area contributed by atoms with Gasteiger partial charge in [-0.1, -0.05) is 6.92 Å². The number of rotatable bonds is 11. The largest absolute Gasteiger partial charge is 0.380 e. The molecule has 0 fully saturated rings. The fourth-order valence-electron chi connectivity index (χ4n) is 1.38. The van der Waals surface area contributed by atoms with E-state index in [2.05, 4.69) is 45.1 Å². The molecule has 0 aliphatic carbocycles. The fourth-order valence-corrected chi connectivity index (χ4v) is 1.38. The van der Waals surface area contributed by atoms with E-state index in [0.717, 1.165) is 26.3 Å². The van der Waals surface area contributed by atoms with Crippen molar-refractivity contribution in [3.63, 3.8) is 0 Å². The molecule has 0 radical (unpaired) electrons. The van der Waals surface area contributed by atoms with Crippen molar-refractivity contribution in [3.8, 4) is 0 Å². The molecule has 1 N–H and O–H groups in total. The van der Waals surface area contributed by atoms with Gasteiger partial charge in [0.2, 0.25) is 0 Å². The van der Waals surface area contributed by atoms with E-state index < -0.39 is 0 Å². The van der Waals surface area contributed by atoms with Crippen LogP contribution in [0, 0.1) is 0 Å². The zero-order valence-electron chi connectivity index (χ0n) is 12.5. The summed E-state index contributed by atoms with van der Waals surface area (Å²) < 4.78 is 5.73. The van der Waals surface area contributed by atoms with Crippen molar-refractivity contribution in [2.45, 2.75) is 52.0 Å². The summed E-state index contributed by atoms with van der Waals surface area (Å²) in [5, 5.41) is 3.42. The van der Waals surface area contributed by atoms with Gasteiger partial charge in [0.05, 0.1) is 6.61 Å². The van der Waals surface area contributed by atoms with Crippen molar-refractivity contribution in [2.75, 3.05) is 40.4 Å². The van der Waals surface area contributed by atoms with Crippen LogP contribution in [0.4, 0.5) is 0 Å². The minimum atomic E-state index is 0.142. The number of nitrogens with one attached hydrogen (secondary N) is 1. The quantitative estimate of drug-likeness (QED) is 0.565. The smallest absolute Gasteiger partial charge is 0.0644 e. The Morgan fingerprint density at radius 2 is 1.76 bits per heavy atom. The van der Waals surface area contributed by atoms with E-state index in [1.165, 1.54) is 25.7 Å². The van der Waals surface area contributed by atoms with Gasteiger partial charge in [0.15, 0.2) is 0 Å². The summed E-state index contributed by atoms with van der Waals surface area (Å²) in [6.45, 7) is 10.6. The molecule has 0 unspecified atom stereocenters. The highest BCUT2D eigenvalue weighted by molar-refractivity contribution is 4.75. The van der Waals surface area contributed by atoms with Gasteiger partial charge in [-0.3, -0.25) is 0 Å². The second-order valence-electron chi connectivity index (χ2n) is 5.57. The first-order chi connectivity index (χ1) is 8.00. The molecular weight excluding hydrogens is 212 g/mol. The molecule has 0 saturated heterocycles. The summed E-state index contributed by atoms with van der Waals surface area (Å²) in [5.74, 6) is 0. The van der Waals surface area contributed by atoms with E-state index in [4.69, 9.17) is 4.74 Å². The summed E-state index contributed by atoms with van der Waals surface area (Å²) in [7, 11) is 4.20. The van der Waals surface area contributed by atoms with Gasteiger partial charge < -0.3 is 15.0 Å². The van der Waals surface area contributed by atoms with Crippen LogP contribution >= 0.6 is 0 Å². The Kier molecular flexibility index (Phi) is 9.79. The third-order valence-corrected chi connectivity index (χ3v) is 3.23. The number of nitrogens with zero attached hydrogens (tertiary/aromatic N) is 1. The Hall–Kier alpha value is -0.120. The molecule has 3 heteroatoms. The first kappa shape index (κ1) is 16.9. The SMILES string of the molecule is CCCNCCCCCOCC(C)(C)N(C)C. The van der Waals surface area contributed by atoms with Gasteiger partial charge in [0.25, 0.3) is 0 Å². The van der Waals surface area contributed by atoms with Crippen LogP contribution in [0.5, 0.6) is 0 Å². The second kappa shape index (κ2) is 9.86. The predicted molar refractivity (Wildman–Crippen MR) is 75.6 cm³/mol. The Labute approximate surface area is 108 Å². The lowest BCUT2D eigenvalue weighted by molar-refractivity contribution is 0.0345. The van der Waals surface area contributed by atoms with E-state index in [1.54, 1.807) is 0 Å². The van der Waals surface area contributed by atoms with Gasteiger partial charge in [-0.2, -0.15) is 0 Å². The molecule has 0 aromatic rings. The zero-order valence-corrected chi connectivity index (χ0v) is 12.5. The lowest BCUT2D eigenvalue weighted by atomic mass is 10.1. The van der Waals surface area contributed by atoms with Gasteiger partial charge in [0, 0.05) is 12.1 Å². The standard InChI is InChI=1S/C14H32N2O/c1-6-10-15-11-8-7-9-12-17-13-14(2,3)16(4)5/h15H,6-13H2,1-5H3. The molecule has 0 saturated carbocycles. The molecule has 17 heavy (non-hydrogen) atoms. The van der Waals surface area contributed by atoms with E-state index in [1.807, 2.05) is 0 Å². The van der Waals surface area contributed by atoms with Crippen LogP contribution in [0.25, 0.3) is 0 Å². The molecule has 0 aromatic carbocycles. The van der Waals surface area contributed by atoms with Gasteiger partial charge in [-0.25, -0.2) is 0 Å². The molecule has 0 aromatic heterocycles. The summed E-state index contributed by atoms with van der Waals surface area (Å²) in [6.07, 6.45) is 4.93. The molecule has 0 atom stereocenters. The number of likely N-dealkylation sites (N-methyl/N-ethyl adjacent to an activating group) is 1. The van der Waals surface area contributed by atoms with Crippen molar-refractivity contribution in [1.29, 1.82) is 0 Å². The zero-order chi connectivity index (χ0) is 13.1. The maximum absolute atomic E-state index is 5.73. The number of hydrogen-bond donors (Lipinski definition) is 1. The van der Waals surface area contributed by atoms with Crippen LogP contribution in [-0.2, 0) is 4.74 Å². The molecular formula is C14H32N2O. The summed E-state index contributed by atoms with van der Waals surface area (Å²) in [5.41, 5.74) is 0.142. The summed E-state index contributed by atoms with van der Waals surface area (Å²) >= 11 is 0. The van der Waals surface area contributed by atoms with E-state index in [0.29, 0.717) is 0 Å². The highest BCUT2D eigenvalue weighted by Crippen LogP contribution is 2.10. The minimum absolute atomic E-state index is 0.142. The molecule has 0 bridgehead atoms. The fraction of sp³-hybridized carbons (Fsp3) is 1.00. The number of hydrogen-bond acceptors (Lipinski definition) is 3. The lowest BCUT2D eigenvalue weighted by Gasteiger charge is -2.32. The third kappa shape index (κ3) is 9.57. The molecule has 0 rings (SSSR count). The Bertz CT molecular complexity index is 170. The van der Waals surface area contributed by atoms with Crippen LogP contribution in [0.15, 0.2) is 0 Å². The summed E-state index contributed by atoms with van der Waals surface area (Å²) in [4.78, 5) is 2.21. The monoisotopic (exact) mass is 244 g/mol. The topological polar surface area (TPSA) is 24.5 Å². The Morgan fingerprint density at radius 1 is 1.06 bits per heavy atom. The van der Waals surface area contributed by atoms with Crippen molar-refractivity contribution in [2.24, 2.45) is 0 Å². The van der Waals surface area contributed by atoms with Crippen LogP contribution in [0.1, 0.15) is 46.5 Å². The average Bonchev–Trinajstić information content (AvgIpc) is 2.26. The summed E-state index contributed by atoms with van der Waals surface area (Å²) in [6, 6.07) is 0. The highest BCUT2D eigenvalue weighted by Gasteiger charge is 2.19.